The summed E-state index contributed by atoms with van der Waals surface area (Å²) in [6.45, 7) is 16.4. The zero-order chi connectivity index (χ0) is 11.8. The van der Waals surface area contributed by atoms with E-state index < -0.39 is 0 Å². The van der Waals surface area contributed by atoms with Crippen molar-refractivity contribution >= 4 is 0 Å². The van der Waals surface area contributed by atoms with Crippen molar-refractivity contribution in [2.24, 2.45) is 5.92 Å². The fourth-order valence-corrected chi connectivity index (χ4v) is 2.45. The average molecular weight is 227 g/mol. The van der Waals surface area contributed by atoms with E-state index in [2.05, 4.69) is 35.9 Å². The second-order valence-electron chi connectivity index (χ2n) is 4.78. The van der Waals surface area contributed by atoms with Crippen LogP contribution in [0.2, 0.25) is 0 Å². The molecule has 16 heavy (non-hydrogen) atoms. The number of likely N-dealkylation sites (N-methyl/N-ethyl adjacent to an activating group) is 1. The van der Waals surface area contributed by atoms with Gasteiger partial charge in [0, 0.05) is 19.6 Å². The van der Waals surface area contributed by atoms with Gasteiger partial charge in [0.25, 0.3) is 0 Å². The van der Waals surface area contributed by atoms with Gasteiger partial charge in [0.2, 0.25) is 0 Å². The number of nitrogens with zero attached hydrogens (tertiary/aromatic N) is 2. The first-order valence-corrected chi connectivity index (χ1v) is 6.95. The number of nitrogens with one attached hydrogen (secondary N) is 1. The molecule has 96 valence electrons. The van der Waals surface area contributed by atoms with Gasteiger partial charge in [-0.25, -0.2) is 0 Å². The minimum atomic E-state index is 0.886. The molecule has 0 aromatic rings. The summed E-state index contributed by atoms with van der Waals surface area (Å²) in [7, 11) is 0. The van der Waals surface area contributed by atoms with Gasteiger partial charge < -0.3 is 15.1 Å². The van der Waals surface area contributed by atoms with E-state index in [1.807, 2.05) is 0 Å². The summed E-state index contributed by atoms with van der Waals surface area (Å²) in [6, 6.07) is 0. The van der Waals surface area contributed by atoms with Crippen LogP contribution in [0.5, 0.6) is 0 Å². The van der Waals surface area contributed by atoms with E-state index in [0.717, 1.165) is 12.5 Å². The van der Waals surface area contributed by atoms with Crippen LogP contribution >= 0.6 is 0 Å². The van der Waals surface area contributed by atoms with Gasteiger partial charge in [-0.05, 0) is 45.1 Å². The molecule has 1 atom stereocenters. The van der Waals surface area contributed by atoms with Crippen LogP contribution in [-0.2, 0) is 0 Å². The van der Waals surface area contributed by atoms with Gasteiger partial charge in [-0.2, -0.15) is 0 Å². The molecule has 0 amide bonds. The first-order valence-electron chi connectivity index (χ1n) is 6.95. The van der Waals surface area contributed by atoms with Crippen molar-refractivity contribution in [1.29, 1.82) is 0 Å². The molecule has 1 rings (SSSR count). The van der Waals surface area contributed by atoms with E-state index in [9.17, 15) is 0 Å². The highest BCUT2D eigenvalue weighted by atomic mass is 15.2. The van der Waals surface area contributed by atoms with Crippen LogP contribution in [0, 0.1) is 5.92 Å². The van der Waals surface area contributed by atoms with Crippen molar-refractivity contribution in [3.8, 4) is 0 Å². The molecule has 3 heteroatoms. The van der Waals surface area contributed by atoms with Crippen molar-refractivity contribution in [3.63, 3.8) is 0 Å². The van der Waals surface area contributed by atoms with Crippen molar-refractivity contribution in [2.45, 2.75) is 27.2 Å². The van der Waals surface area contributed by atoms with Gasteiger partial charge in [0.1, 0.15) is 0 Å². The molecule has 0 aromatic heterocycles. The fraction of sp³-hybridized carbons (Fsp3) is 1.00. The molecule has 1 unspecified atom stereocenters. The third-order valence-electron chi connectivity index (χ3n) is 3.75. The summed E-state index contributed by atoms with van der Waals surface area (Å²) in [5.74, 6) is 0.886. The maximum Gasteiger partial charge on any atom is 0.0107 e. The quantitative estimate of drug-likeness (QED) is 0.630. The molecule has 1 heterocycles. The Morgan fingerprint density at radius 2 is 2.00 bits per heavy atom. The molecule has 1 fully saturated rings. The van der Waals surface area contributed by atoms with Crippen molar-refractivity contribution in [3.05, 3.63) is 0 Å². The van der Waals surface area contributed by atoms with Crippen LogP contribution < -0.4 is 5.32 Å². The van der Waals surface area contributed by atoms with E-state index in [1.165, 1.54) is 52.2 Å². The molecule has 0 radical (unpaired) electrons. The van der Waals surface area contributed by atoms with E-state index in [4.69, 9.17) is 0 Å². The van der Waals surface area contributed by atoms with Crippen molar-refractivity contribution in [2.75, 3.05) is 52.4 Å². The van der Waals surface area contributed by atoms with Gasteiger partial charge >= 0.3 is 0 Å². The lowest BCUT2D eigenvalue weighted by atomic mass is 10.1. The first kappa shape index (κ1) is 13.9. The maximum atomic E-state index is 3.60. The van der Waals surface area contributed by atoms with Crippen LogP contribution in [-0.4, -0.2) is 62.2 Å². The van der Waals surface area contributed by atoms with E-state index in [1.54, 1.807) is 0 Å². The molecule has 0 saturated carbocycles. The lowest BCUT2D eigenvalue weighted by molar-refractivity contribution is 0.296. The zero-order valence-corrected chi connectivity index (χ0v) is 11.3. The molecule has 1 aliphatic heterocycles. The van der Waals surface area contributed by atoms with Gasteiger partial charge in [0.05, 0.1) is 0 Å². The molecule has 0 aromatic carbocycles. The summed E-state index contributed by atoms with van der Waals surface area (Å²) >= 11 is 0. The Hall–Kier alpha value is -0.120. The molecular formula is C13H29N3. The Labute approximate surface area is 101 Å². The Morgan fingerprint density at radius 3 is 2.56 bits per heavy atom. The monoisotopic (exact) mass is 227 g/mol. The van der Waals surface area contributed by atoms with E-state index >= 15 is 0 Å². The highest BCUT2D eigenvalue weighted by molar-refractivity contribution is 4.76. The number of rotatable bonds is 8. The van der Waals surface area contributed by atoms with Crippen LogP contribution in [0.3, 0.4) is 0 Å². The Kier molecular flexibility index (Phi) is 7.01. The molecule has 0 spiro atoms. The Balaban J connectivity index is 1.99. The zero-order valence-electron chi connectivity index (χ0n) is 11.3. The highest BCUT2D eigenvalue weighted by Gasteiger charge is 2.20. The molecule has 0 bridgehead atoms. The van der Waals surface area contributed by atoms with Gasteiger partial charge in [-0.1, -0.05) is 20.8 Å². The number of hydrogen-bond donors (Lipinski definition) is 1. The van der Waals surface area contributed by atoms with Gasteiger partial charge in [0.15, 0.2) is 0 Å². The molecule has 3 nitrogen and oxygen atoms in total. The predicted molar refractivity (Wildman–Crippen MR) is 70.9 cm³/mol. The summed E-state index contributed by atoms with van der Waals surface area (Å²) in [6.07, 6.45) is 1.38. The van der Waals surface area contributed by atoms with Crippen LogP contribution in [0.25, 0.3) is 0 Å². The lowest BCUT2D eigenvalue weighted by Crippen LogP contribution is -2.34. The number of likely N-dealkylation sites (tertiary alicyclic amines) is 1. The Morgan fingerprint density at radius 1 is 1.25 bits per heavy atom. The molecule has 1 aliphatic rings. The smallest absolute Gasteiger partial charge is 0.0107 e. The SMILES string of the molecule is CCN(CC)CCNCC1CCN(CC)C1. The summed E-state index contributed by atoms with van der Waals surface area (Å²) in [5, 5.41) is 3.60. The predicted octanol–water partition coefficient (Wildman–Crippen LogP) is 1.26. The van der Waals surface area contributed by atoms with E-state index in [0.29, 0.717) is 0 Å². The second-order valence-corrected chi connectivity index (χ2v) is 4.78. The van der Waals surface area contributed by atoms with Gasteiger partial charge in [-0.3, -0.25) is 0 Å². The van der Waals surface area contributed by atoms with Crippen LogP contribution in [0.1, 0.15) is 27.2 Å². The molecule has 0 aliphatic carbocycles. The normalized spacial score (nSPS) is 22.1. The second kappa shape index (κ2) is 8.04. The maximum absolute atomic E-state index is 3.60. The van der Waals surface area contributed by atoms with Crippen LogP contribution in [0.15, 0.2) is 0 Å². The highest BCUT2D eigenvalue weighted by Crippen LogP contribution is 2.14. The summed E-state index contributed by atoms with van der Waals surface area (Å²) in [4.78, 5) is 5.02. The van der Waals surface area contributed by atoms with Crippen molar-refractivity contribution < 1.29 is 0 Å². The minimum absolute atomic E-state index is 0.886. The first-order chi connectivity index (χ1) is 7.80. The summed E-state index contributed by atoms with van der Waals surface area (Å²) < 4.78 is 0. The standard InChI is InChI=1S/C13H29N3/c1-4-15(5-2)10-8-14-11-13-7-9-16(6-3)12-13/h13-14H,4-12H2,1-3H3. The van der Waals surface area contributed by atoms with Crippen molar-refractivity contribution in [1.82, 2.24) is 15.1 Å². The third kappa shape index (κ3) is 4.81. The van der Waals surface area contributed by atoms with Gasteiger partial charge in [-0.15, -0.1) is 0 Å². The average Bonchev–Trinajstić information content (AvgIpc) is 2.77. The molecular weight excluding hydrogens is 198 g/mol. The van der Waals surface area contributed by atoms with E-state index in [-0.39, 0.29) is 0 Å². The topological polar surface area (TPSA) is 18.5 Å². The molecule has 1 saturated heterocycles. The largest absolute Gasteiger partial charge is 0.315 e. The lowest BCUT2D eigenvalue weighted by Gasteiger charge is -2.19. The number of hydrogen-bond acceptors (Lipinski definition) is 3. The Bertz CT molecular complexity index is 169. The summed E-state index contributed by atoms with van der Waals surface area (Å²) in [5.41, 5.74) is 0. The van der Waals surface area contributed by atoms with Crippen LogP contribution in [0.4, 0.5) is 0 Å². The molecule has 1 N–H and O–H groups in total. The third-order valence-corrected chi connectivity index (χ3v) is 3.75. The fourth-order valence-electron chi connectivity index (χ4n) is 2.45. The minimum Gasteiger partial charge on any atom is -0.315 e.